The number of aryl methyl sites for hydroxylation is 1. The minimum absolute atomic E-state index is 0.192. The fraction of sp³-hybridized carbons (Fsp3) is 0.364. The lowest BCUT2D eigenvalue weighted by atomic mass is 10.1. The lowest BCUT2D eigenvalue weighted by Crippen LogP contribution is -2.35. The fourth-order valence-electron chi connectivity index (χ4n) is 3.38. The number of carbonyl (C=O) groups is 2. The summed E-state index contributed by atoms with van der Waals surface area (Å²) in [5.74, 6) is -0.852. The zero-order valence-electron chi connectivity index (χ0n) is 17.6. The lowest BCUT2D eigenvalue weighted by Gasteiger charge is -2.25. The Morgan fingerprint density at radius 2 is 1.71 bits per heavy atom. The molecule has 166 valence electrons. The highest BCUT2D eigenvalue weighted by Crippen LogP contribution is 2.23. The number of nitrogens with one attached hydrogen (secondary N) is 1. The largest absolute Gasteiger partial charge is 0.480 e. The molecule has 0 radical (unpaired) electrons. The van der Waals surface area contributed by atoms with E-state index in [1.54, 1.807) is 37.3 Å². The molecule has 2 aromatic rings. The van der Waals surface area contributed by atoms with Gasteiger partial charge in [0.1, 0.15) is 5.75 Å². The van der Waals surface area contributed by atoms with Gasteiger partial charge in [0, 0.05) is 18.8 Å². The summed E-state index contributed by atoms with van der Waals surface area (Å²) < 4.78 is 32.6. The molecule has 0 saturated carbocycles. The van der Waals surface area contributed by atoms with Crippen LogP contribution in [0, 0.1) is 6.92 Å². The minimum atomic E-state index is -3.53. The summed E-state index contributed by atoms with van der Waals surface area (Å²) in [7, 11) is -3.53. The number of hydrogen-bond acceptors (Lipinski definition) is 5. The van der Waals surface area contributed by atoms with E-state index in [1.165, 1.54) is 16.4 Å². The third kappa shape index (κ3) is 5.42. The molecule has 0 bridgehead atoms. The molecule has 0 aromatic heterocycles. The molecule has 0 spiro atoms. The van der Waals surface area contributed by atoms with Crippen LogP contribution in [0.3, 0.4) is 0 Å². The van der Waals surface area contributed by atoms with E-state index in [-0.39, 0.29) is 16.2 Å². The predicted octanol–water partition coefficient (Wildman–Crippen LogP) is 2.67. The molecule has 3 N–H and O–H groups in total. The fourth-order valence-corrected chi connectivity index (χ4v) is 4.90. The Bertz CT molecular complexity index is 1060. The van der Waals surface area contributed by atoms with E-state index in [2.05, 4.69) is 5.32 Å². The summed E-state index contributed by atoms with van der Waals surface area (Å²) in [5.41, 5.74) is 6.86. The van der Waals surface area contributed by atoms with Crippen molar-refractivity contribution in [2.75, 3.05) is 18.4 Å². The van der Waals surface area contributed by atoms with Crippen molar-refractivity contribution in [3.63, 3.8) is 0 Å². The van der Waals surface area contributed by atoms with Crippen LogP contribution in [0.5, 0.6) is 5.75 Å². The normalized spacial score (nSPS) is 15.8. The van der Waals surface area contributed by atoms with Gasteiger partial charge in [-0.15, -0.1) is 0 Å². The van der Waals surface area contributed by atoms with Crippen LogP contribution < -0.4 is 15.8 Å². The maximum Gasteiger partial charge on any atom is 0.265 e. The summed E-state index contributed by atoms with van der Waals surface area (Å²) in [6.07, 6.45) is 1.87. The zero-order valence-corrected chi connectivity index (χ0v) is 18.4. The van der Waals surface area contributed by atoms with Crippen LogP contribution in [0.4, 0.5) is 5.69 Å². The molecule has 2 aromatic carbocycles. The van der Waals surface area contributed by atoms with Gasteiger partial charge < -0.3 is 15.8 Å². The third-order valence-corrected chi connectivity index (χ3v) is 7.06. The van der Waals surface area contributed by atoms with E-state index in [4.69, 9.17) is 10.5 Å². The molecule has 1 atom stereocenters. The molecule has 2 amide bonds. The number of carbonyl (C=O) groups excluding carboxylic acids is 2. The van der Waals surface area contributed by atoms with Crippen molar-refractivity contribution >= 4 is 27.5 Å². The highest BCUT2D eigenvalue weighted by molar-refractivity contribution is 7.89. The molecule has 0 unspecified atom stereocenters. The number of hydrogen-bond donors (Lipinski definition) is 2. The Morgan fingerprint density at radius 1 is 1.06 bits per heavy atom. The highest BCUT2D eigenvalue weighted by atomic mass is 32.2. The molecule has 1 aliphatic rings. The van der Waals surface area contributed by atoms with E-state index in [1.807, 2.05) is 6.92 Å². The monoisotopic (exact) mass is 445 g/mol. The quantitative estimate of drug-likeness (QED) is 0.679. The van der Waals surface area contributed by atoms with Crippen LogP contribution in [-0.2, 0) is 14.8 Å². The van der Waals surface area contributed by atoms with Crippen molar-refractivity contribution in [3.8, 4) is 5.75 Å². The lowest BCUT2D eigenvalue weighted by molar-refractivity contribution is -0.122. The van der Waals surface area contributed by atoms with Crippen molar-refractivity contribution in [2.24, 2.45) is 5.73 Å². The summed E-state index contributed by atoms with van der Waals surface area (Å²) in [4.78, 5) is 24.3. The maximum absolute atomic E-state index is 12.7. The number of ether oxygens (including phenoxy) is 1. The number of primary amides is 1. The van der Waals surface area contributed by atoms with Gasteiger partial charge >= 0.3 is 0 Å². The van der Waals surface area contributed by atoms with Gasteiger partial charge in [0.05, 0.1) is 10.5 Å². The van der Waals surface area contributed by atoms with Crippen LogP contribution in [-0.4, -0.2) is 43.7 Å². The van der Waals surface area contributed by atoms with Crippen molar-refractivity contribution in [1.29, 1.82) is 0 Å². The smallest absolute Gasteiger partial charge is 0.265 e. The first-order chi connectivity index (χ1) is 14.7. The Labute approximate surface area is 182 Å². The summed E-state index contributed by atoms with van der Waals surface area (Å²) in [6, 6.07) is 11.0. The maximum atomic E-state index is 12.7. The molecule has 0 aliphatic carbocycles. The topological polar surface area (TPSA) is 119 Å². The third-order valence-electron chi connectivity index (χ3n) is 5.15. The summed E-state index contributed by atoms with van der Waals surface area (Å²) in [6.45, 7) is 4.45. The molecule has 1 fully saturated rings. The molecular weight excluding hydrogens is 418 g/mol. The van der Waals surface area contributed by atoms with Crippen LogP contribution in [0.15, 0.2) is 47.4 Å². The average molecular weight is 446 g/mol. The number of sulfonamides is 1. The van der Waals surface area contributed by atoms with Gasteiger partial charge in [0.2, 0.25) is 10.0 Å². The highest BCUT2D eigenvalue weighted by Gasteiger charge is 2.26. The Kier molecular flexibility index (Phi) is 6.97. The van der Waals surface area contributed by atoms with Crippen LogP contribution in [0.2, 0.25) is 0 Å². The standard InChI is InChI=1S/C22H27N3O5S/c1-15-6-11-19(21(23)26)20(14-15)30-16(2)22(27)24-17-7-9-18(10-8-17)31(28,29)25-12-4-3-5-13-25/h6-11,14,16H,3-5,12-13H2,1-2H3,(H2,23,26)(H,24,27)/t16-/m0/s1. The van der Waals surface area contributed by atoms with Crippen molar-refractivity contribution in [1.82, 2.24) is 4.31 Å². The van der Waals surface area contributed by atoms with E-state index in [9.17, 15) is 18.0 Å². The second-order valence-electron chi connectivity index (χ2n) is 7.60. The average Bonchev–Trinajstić information content (AvgIpc) is 2.74. The molecule has 9 heteroatoms. The molecular formula is C22H27N3O5S. The SMILES string of the molecule is Cc1ccc(C(N)=O)c(O[C@@H](C)C(=O)Nc2ccc(S(=O)(=O)N3CCCCC3)cc2)c1. The Balaban J connectivity index is 1.67. The predicted molar refractivity (Wildman–Crippen MR) is 117 cm³/mol. The first-order valence-electron chi connectivity index (χ1n) is 10.2. The van der Waals surface area contributed by atoms with Gasteiger partial charge in [-0.3, -0.25) is 9.59 Å². The Hall–Kier alpha value is -2.91. The van der Waals surface area contributed by atoms with Gasteiger partial charge in [0.25, 0.3) is 11.8 Å². The van der Waals surface area contributed by atoms with E-state index < -0.39 is 27.9 Å². The number of amides is 2. The molecule has 1 aliphatic heterocycles. The van der Waals surface area contributed by atoms with Crippen molar-refractivity contribution < 1.29 is 22.7 Å². The molecule has 3 rings (SSSR count). The van der Waals surface area contributed by atoms with Crippen LogP contribution >= 0.6 is 0 Å². The summed E-state index contributed by atoms with van der Waals surface area (Å²) in [5, 5.41) is 2.69. The number of anilines is 1. The van der Waals surface area contributed by atoms with E-state index in [0.717, 1.165) is 24.8 Å². The first-order valence-corrected chi connectivity index (χ1v) is 11.6. The number of piperidine rings is 1. The second-order valence-corrected chi connectivity index (χ2v) is 9.54. The van der Waals surface area contributed by atoms with Crippen molar-refractivity contribution in [2.45, 2.75) is 44.1 Å². The van der Waals surface area contributed by atoms with Gasteiger partial charge in [-0.1, -0.05) is 12.5 Å². The number of nitrogens with two attached hydrogens (primary N) is 1. The van der Waals surface area contributed by atoms with Crippen LogP contribution in [0.25, 0.3) is 0 Å². The van der Waals surface area contributed by atoms with Crippen molar-refractivity contribution in [3.05, 3.63) is 53.6 Å². The molecule has 8 nitrogen and oxygen atoms in total. The van der Waals surface area contributed by atoms with Gasteiger partial charge in [0.15, 0.2) is 6.10 Å². The number of benzene rings is 2. The first kappa shape index (κ1) is 22.8. The summed E-state index contributed by atoms with van der Waals surface area (Å²) >= 11 is 0. The van der Waals surface area contributed by atoms with E-state index >= 15 is 0 Å². The number of nitrogens with zero attached hydrogens (tertiary/aromatic N) is 1. The van der Waals surface area contributed by atoms with Crippen LogP contribution in [0.1, 0.15) is 42.1 Å². The van der Waals surface area contributed by atoms with E-state index in [0.29, 0.717) is 18.8 Å². The van der Waals surface area contributed by atoms with Gasteiger partial charge in [-0.05, 0) is 68.7 Å². The number of rotatable bonds is 7. The zero-order chi connectivity index (χ0) is 22.6. The molecule has 1 heterocycles. The van der Waals surface area contributed by atoms with Gasteiger partial charge in [-0.2, -0.15) is 4.31 Å². The minimum Gasteiger partial charge on any atom is -0.480 e. The molecule has 1 saturated heterocycles. The second kappa shape index (κ2) is 9.49. The van der Waals surface area contributed by atoms with Gasteiger partial charge in [-0.25, -0.2) is 8.42 Å². The molecule has 31 heavy (non-hydrogen) atoms. The Morgan fingerprint density at radius 3 is 2.32 bits per heavy atom.